The molecule has 1 aliphatic carbocycles. The van der Waals surface area contributed by atoms with Crippen molar-refractivity contribution in [1.82, 2.24) is 5.32 Å². The Hall–Kier alpha value is -0.120. The number of aliphatic hydroxyl groups is 2. The van der Waals surface area contributed by atoms with Gasteiger partial charge < -0.3 is 15.5 Å². The topological polar surface area (TPSA) is 52.5 Å². The van der Waals surface area contributed by atoms with Crippen molar-refractivity contribution in [1.29, 1.82) is 0 Å². The minimum Gasteiger partial charge on any atom is -0.396 e. The van der Waals surface area contributed by atoms with Crippen LogP contribution >= 0.6 is 0 Å². The molecule has 1 aliphatic heterocycles. The molecule has 0 aromatic carbocycles. The van der Waals surface area contributed by atoms with E-state index in [9.17, 15) is 10.2 Å². The monoisotopic (exact) mass is 213 g/mol. The van der Waals surface area contributed by atoms with E-state index < -0.39 is 5.60 Å². The van der Waals surface area contributed by atoms with Crippen LogP contribution < -0.4 is 5.32 Å². The summed E-state index contributed by atoms with van der Waals surface area (Å²) in [5.41, 5.74) is -0.880. The highest BCUT2D eigenvalue weighted by atomic mass is 16.3. The Kier molecular flexibility index (Phi) is 3.06. The van der Waals surface area contributed by atoms with Crippen LogP contribution in [0, 0.1) is 11.3 Å². The predicted octanol–water partition coefficient (Wildman–Crippen LogP) is 0.900. The summed E-state index contributed by atoms with van der Waals surface area (Å²) in [6.07, 6.45) is 5.13. The first-order chi connectivity index (χ1) is 7.12. The average molecular weight is 213 g/mol. The molecule has 88 valence electrons. The largest absolute Gasteiger partial charge is 0.396 e. The lowest BCUT2D eigenvalue weighted by atomic mass is 9.64. The molecule has 0 aromatic heterocycles. The van der Waals surface area contributed by atoms with Crippen LogP contribution in [0.2, 0.25) is 0 Å². The van der Waals surface area contributed by atoms with E-state index in [1.165, 1.54) is 6.42 Å². The molecule has 2 aliphatic rings. The van der Waals surface area contributed by atoms with E-state index in [0.717, 1.165) is 44.7 Å². The fourth-order valence-corrected chi connectivity index (χ4v) is 3.04. The second kappa shape index (κ2) is 4.04. The van der Waals surface area contributed by atoms with Gasteiger partial charge in [-0.25, -0.2) is 0 Å². The van der Waals surface area contributed by atoms with Gasteiger partial charge in [-0.2, -0.15) is 0 Å². The van der Waals surface area contributed by atoms with Gasteiger partial charge in [0.2, 0.25) is 0 Å². The zero-order valence-electron chi connectivity index (χ0n) is 9.63. The van der Waals surface area contributed by atoms with E-state index in [-0.39, 0.29) is 12.0 Å². The fraction of sp³-hybridized carbons (Fsp3) is 1.00. The number of hydrogen-bond donors (Lipinski definition) is 3. The molecule has 3 N–H and O–H groups in total. The van der Waals surface area contributed by atoms with Crippen LogP contribution in [-0.4, -0.2) is 35.5 Å². The Balaban J connectivity index is 2.10. The van der Waals surface area contributed by atoms with Gasteiger partial charge in [-0.15, -0.1) is 0 Å². The quantitative estimate of drug-likeness (QED) is 0.597. The Bertz CT molecular complexity index is 222. The molecule has 0 radical (unpaired) electrons. The van der Waals surface area contributed by atoms with Gasteiger partial charge in [0.15, 0.2) is 0 Å². The molecule has 2 rings (SSSR count). The molecular formula is C12H23NO2. The molecule has 0 spiro atoms. The molecule has 3 heteroatoms. The van der Waals surface area contributed by atoms with Gasteiger partial charge in [-0.3, -0.25) is 0 Å². The lowest BCUT2D eigenvalue weighted by Gasteiger charge is -2.52. The summed E-state index contributed by atoms with van der Waals surface area (Å²) >= 11 is 0. The maximum Gasteiger partial charge on any atom is 0.0750 e. The number of rotatable bonds is 2. The summed E-state index contributed by atoms with van der Waals surface area (Å²) in [6, 6.07) is 0. The van der Waals surface area contributed by atoms with E-state index in [0.29, 0.717) is 0 Å². The fourth-order valence-electron chi connectivity index (χ4n) is 3.04. The van der Waals surface area contributed by atoms with Crippen LogP contribution in [0.1, 0.15) is 39.0 Å². The highest BCUT2D eigenvalue weighted by Gasteiger charge is 2.53. The van der Waals surface area contributed by atoms with E-state index in [2.05, 4.69) is 12.2 Å². The maximum atomic E-state index is 10.7. The van der Waals surface area contributed by atoms with E-state index in [1.807, 2.05) is 0 Å². The molecule has 0 aromatic rings. The Morgan fingerprint density at radius 2 is 2.00 bits per heavy atom. The van der Waals surface area contributed by atoms with Gasteiger partial charge in [0, 0.05) is 18.5 Å². The Labute approximate surface area is 91.9 Å². The molecule has 2 atom stereocenters. The lowest BCUT2D eigenvalue weighted by Crippen LogP contribution is -2.67. The number of aliphatic hydroxyl groups excluding tert-OH is 1. The maximum absolute atomic E-state index is 10.7. The van der Waals surface area contributed by atoms with Crippen LogP contribution in [0.3, 0.4) is 0 Å². The summed E-state index contributed by atoms with van der Waals surface area (Å²) in [4.78, 5) is 0. The Morgan fingerprint density at radius 1 is 1.27 bits per heavy atom. The Morgan fingerprint density at radius 3 is 2.53 bits per heavy atom. The summed E-state index contributed by atoms with van der Waals surface area (Å²) in [5.74, 6) is 0.725. The molecule has 0 bridgehead atoms. The predicted molar refractivity (Wildman–Crippen MR) is 59.6 cm³/mol. The summed E-state index contributed by atoms with van der Waals surface area (Å²) in [7, 11) is 0. The second-order valence-electron chi connectivity index (χ2n) is 5.61. The van der Waals surface area contributed by atoms with Crippen molar-refractivity contribution in [2.75, 3.05) is 19.7 Å². The van der Waals surface area contributed by atoms with Crippen molar-refractivity contribution >= 4 is 0 Å². The summed E-state index contributed by atoms with van der Waals surface area (Å²) < 4.78 is 0. The molecule has 1 heterocycles. The van der Waals surface area contributed by atoms with Gasteiger partial charge in [-0.1, -0.05) is 19.8 Å². The van der Waals surface area contributed by atoms with Crippen LogP contribution in [0.5, 0.6) is 0 Å². The van der Waals surface area contributed by atoms with Crippen LogP contribution in [0.4, 0.5) is 0 Å². The molecule has 2 unspecified atom stereocenters. The van der Waals surface area contributed by atoms with Crippen molar-refractivity contribution in [3.8, 4) is 0 Å². The molecule has 1 saturated carbocycles. The van der Waals surface area contributed by atoms with E-state index in [4.69, 9.17) is 0 Å². The summed E-state index contributed by atoms with van der Waals surface area (Å²) in [6.45, 7) is 3.92. The molecule has 3 nitrogen and oxygen atoms in total. The van der Waals surface area contributed by atoms with Gasteiger partial charge in [0.1, 0.15) is 0 Å². The third-order valence-corrected chi connectivity index (χ3v) is 4.55. The van der Waals surface area contributed by atoms with Crippen LogP contribution in [-0.2, 0) is 0 Å². The van der Waals surface area contributed by atoms with Gasteiger partial charge in [0.25, 0.3) is 0 Å². The van der Waals surface area contributed by atoms with E-state index >= 15 is 0 Å². The third-order valence-electron chi connectivity index (χ3n) is 4.55. The molecule has 15 heavy (non-hydrogen) atoms. The van der Waals surface area contributed by atoms with Gasteiger partial charge in [-0.05, 0) is 25.2 Å². The smallest absolute Gasteiger partial charge is 0.0750 e. The minimum atomic E-state index is -0.627. The SMILES string of the molecule is CC1CCCC(O)(C2(CO)CNC2)CC1. The van der Waals surface area contributed by atoms with Crippen LogP contribution in [0.25, 0.3) is 0 Å². The van der Waals surface area contributed by atoms with Crippen molar-refractivity contribution in [2.24, 2.45) is 11.3 Å². The van der Waals surface area contributed by atoms with Crippen molar-refractivity contribution in [3.05, 3.63) is 0 Å². The van der Waals surface area contributed by atoms with Crippen molar-refractivity contribution in [3.63, 3.8) is 0 Å². The normalized spacial score (nSPS) is 40.6. The van der Waals surface area contributed by atoms with Crippen molar-refractivity contribution in [2.45, 2.75) is 44.6 Å². The molecular weight excluding hydrogens is 190 g/mol. The first-order valence-corrected chi connectivity index (χ1v) is 6.16. The highest BCUT2D eigenvalue weighted by Crippen LogP contribution is 2.44. The van der Waals surface area contributed by atoms with Gasteiger partial charge >= 0.3 is 0 Å². The summed E-state index contributed by atoms with van der Waals surface area (Å²) in [5, 5.41) is 23.4. The average Bonchev–Trinajstić information content (AvgIpc) is 2.29. The first kappa shape index (κ1) is 11.4. The minimum absolute atomic E-state index is 0.116. The van der Waals surface area contributed by atoms with Crippen LogP contribution in [0.15, 0.2) is 0 Å². The molecule has 2 fully saturated rings. The lowest BCUT2D eigenvalue weighted by molar-refractivity contribution is -0.144. The number of hydrogen-bond acceptors (Lipinski definition) is 3. The molecule has 0 amide bonds. The van der Waals surface area contributed by atoms with E-state index in [1.54, 1.807) is 0 Å². The molecule has 1 saturated heterocycles. The standard InChI is InChI=1S/C12H23NO2/c1-10-3-2-5-12(15,6-4-10)11(9-14)7-13-8-11/h10,13-15H,2-9H2,1H3. The first-order valence-electron chi connectivity index (χ1n) is 6.16. The number of nitrogens with one attached hydrogen (secondary N) is 1. The zero-order chi connectivity index (χ0) is 10.9. The highest BCUT2D eigenvalue weighted by molar-refractivity contribution is 5.07. The van der Waals surface area contributed by atoms with Crippen molar-refractivity contribution < 1.29 is 10.2 Å². The third kappa shape index (κ3) is 1.81. The van der Waals surface area contributed by atoms with Gasteiger partial charge in [0.05, 0.1) is 12.2 Å². The second-order valence-corrected chi connectivity index (χ2v) is 5.61. The zero-order valence-corrected chi connectivity index (χ0v) is 9.63.